The quantitative estimate of drug-likeness (QED) is 0.166. The molecule has 0 amide bonds. The number of carbonyl (C=O) groups excluding carboxylic acids is 6. The minimum Gasteiger partial charge on any atom is -0.480 e. The van der Waals surface area contributed by atoms with E-state index >= 15 is 0 Å². The maximum absolute atomic E-state index is 10.8. The van der Waals surface area contributed by atoms with Crippen molar-refractivity contribution in [3.63, 3.8) is 0 Å². The van der Waals surface area contributed by atoms with Crippen LogP contribution >= 0.6 is 0 Å². The van der Waals surface area contributed by atoms with Gasteiger partial charge < -0.3 is 60.9 Å². The lowest BCUT2D eigenvalue weighted by Gasteiger charge is -2.36. The summed E-state index contributed by atoms with van der Waals surface area (Å²) in [5.41, 5.74) is 0. The molecular weight excluding hydrogens is 857 g/mol. The molecule has 0 unspecified atom stereocenters. The van der Waals surface area contributed by atoms with Crippen molar-refractivity contribution >= 4 is 30.4 Å². The predicted molar refractivity (Wildman–Crippen MR) is 250 cm³/mol. The Bertz CT molecular complexity index is 1140. The van der Waals surface area contributed by atoms with Crippen LogP contribution < -0.4 is 21.3 Å². The van der Waals surface area contributed by atoms with Gasteiger partial charge in [-0.3, -0.25) is 19.4 Å². The van der Waals surface area contributed by atoms with Gasteiger partial charge in [-0.05, 0) is 145 Å². The molecule has 0 radical (unpaired) electrons. The molecule has 0 aromatic carbocycles. The van der Waals surface area contributed by atoms with E-state index in [0.29, 0.717) is 0 Å². The summed E-state index contributed by atoms with van der Waals surface area (Å²) in [6.07, 6.45) is 7.67. The zero-order valence-electron chi connectivity index (χ0n) is 41.0. The highest BCUT2D eigenvalue weighted by molar-refractivity contribution is 5.69. The SMILES string of the molecule is CCN1CCCN2CCN(CCCN(C)CC1)CC2.CN1CCCNCCN(CC(=O)O)CCCNCC1.CN1CCCNCCN(CC(=O)O)CCCNCC1.O=C=O.O=C=O.O=C=O. The number of likely N-dealkylation sites (N-methyl/N-ethyl adjacent to an activating group) is 4. The third-order valence-electron chi connectivity index (χ3n) is 11.4. The highest BCUT2D eigenvalue weighted by atomic mass is 16.4. The van der Waals surface area contributed by atoms with Crippen LogP contribution in [-0.2, 0) is 38.4 Å². The van der Waals surface area contributed by atoms with Crippen LogP contribution in [0.1, 0.15) is 45.4 Å². The molecule has 5 heterocycles. The zero-order valence-corrected chi connectivity index (χ0v) is 41.0. The van der Waals surface area contributed by atoms with Gasteiger partial charge in [0.2, 0.25) is 0 Å². The molecule has 0 atom stereocenters. The Labute approximate surface area is 395 Å². The molecule has 22 nitrogen and oxygen atoms in total. The fourth-order valence-corrected chi connectivity index (χ4v) is 7.63. The number of aliphatic carboxylic acids is 2. The molecule has 5 aliphatic rings. The molecule has 66 heavy (non-hydrogen) atoms. The summed E-state index contributed by atoms with van der Waals surface area (Å²) in [5.74, 6) is -1.48. The van der Waals surface area contributed by atoms with Crippen molar-refractivity contribution in [1.29, 1.82) is 0 Å². The topological polar surface area (TPSA) is 251 Å². The average Bonchev–Trinajstić information content (AvgIpc) is 3.27. The Morgan fingerprint density at radius 3 is 1.05 bits per heavy atom. The molecule has 0 aliphatic carbocycles. The standard InChI is InChI=1S/C15H32N4.2C13H28N4O2.3CO2/c1-3-17-7-5-9-19-14-12-18(13-15-19)8-4-6-16(2)10-11-17;2*1-16-8-2-4-15-7-11-17(12-13(18)19)9-3-5-14-6-10-16;3*2-1-3/h3-15H2,1-2H3;2*14-15H,2-12H2,1H3,(H,18,19);;;. The molecule has 5 aliphatic heterocycles. The first-order valence-electron chi connectivity index (χ1n) is 23.8. The van der Waals surface area contributed by atoms with Crippen molar-refractivity contribution < 1.29 is 48.6 Å². The van der Waals surface area contributed by atoms with Crippen LogP contribution in [0.25, 0.3) is 0 Å². The number of piperazine rings is 1. The Hall–Kier alpha value is -3.40. The van der Waals surface area contributed by atoms with Gasteiger partial charge in [-0.25, -0.2) is 0 Å². The van der Waals surface area contributed by atoms with Crippen molar-refractivity contribution in [2.24, 2.45) is 0 Å². The van der Waals surface area contributed by atoms with E-state index in [1.54, 1.807) is 0 Å². The molecule has 6 N–H and O–H groups in total. The second-order valence-corrected chi connectivity index (χ2v) is 16.7. The molecule has 0 saturated carbocycles. The Balaban J connectivity index is 0. The first-order chi connectivity index (χ1) is 31.9. The number of carbonyl (C=O) groups is 2. The second kappa shape index (κ2) is 48.1. The van der Waals surface area contributed by atoms with Crippen LogP contribution in [0.2, 0.25) is 0 Å². The summed E-state index contributed by atoms with van der Waals surface area (Å²) in [5, 5.41) is 31.4. The maximum atomic E-state index is 10.8. The van der Waals surface area contributed by atoms with E-state index in [1.165, 1.54) is 84.8 Å². The van der Waals surface area contributed by atoms with Crippen molar-refractivity contribution in [3.05, 3.63) is 0 Å². The van der Waals surface area contributed by atoms with Gasteiger partial charge in [0.1, 0.15) is 0 Å². The lowest BCUT2D eigenvalue weighted by Crippen LogP contribution is -2.48. The number of hydrogen-bond donors (Lipinski definition) is 6. The lowest BCUT2D eigenvalue weighted by molar-refractivity contribution is -0.193. The molecule has 2 bridgehead atoms. The zero-order chi connectivity index (χ0) is 49.5. The molecule has 0 aromatic rings. The van der Waals surface area contributed by atoms with Gasteiger partial charge in [-0.2, -0.15) is 28.8 Å². The van der Waals surface area contributed by atoms with Crippen molar-refractivity contribution in [1.82, 2.24) is 60.5 Å². The van der Waals surface area contributed by atoms with Crippen LogP contribution in [-0.4, -0.2) is 291 Å². The van der Waals surface area contributed by atoms with Gasteiger partial charge in [0, 0.05) is 91.6 Å². The van der Waals surface area contributed by atoms with Crippen LogP contribution in [0.3, 0.4) is 0 Å². The third-order valence-corrected chi connectivity index (χ3v) is 11.4. The van der Waals surface area contributed by atoms with Gasteiger partial charge in [0.05, 0.1) is 13.1 Å². The second-order valence-electron chi connectivity index (χ2n) is 16.7. The fourth-order valence-electron chi connectivity index (χ4n) is 7.63. The van der Waals surface area contributed by atoms with Crippen LogP contribution in [0.4, 0.5) is 0 Å². The maximum Gasteiger partial charge on any atom is 0.373 e. The molecule has 5 saturated heterocycles. The van der Waals surface area contributed by atoms with Crippen molar-refractivity contribution in [3.8, 4) is 0 Å². The summed E-state index contributed by atoms with van der Waals surface area (Å²) < 4.78 is 0. The fraction of sp³-hybridized carbons (Fsp3) is 0.886. The van der Waals surface area contributed by atoms with Crippen molar-refractivity contribution in [2.75, 3.05) is 211 Å². The summed E-state index contributed by atoms with van der Waals surface area (Å²) in [6.45, 7) is 31.7. The largest absolute Gasteiger partial charge is 0.480 e. The van der Waals surface area contributed by atoms with Crippen LogP contribution in [0.15, 0.2) is 0 Å². The van der Waals surface area contributed by atoms with E-state index in [1.807, 2.05) is 9.80 Å². The average molecular weight is 945 g/mol. The number of fused-ring (bicyclic) bond motifs is 11. The Morgan fingerprint density at radius 2 is 0.682 bits per heavy atom. The summed E-state index contributed by atoms with van der Waals surface area (Å²) in [7, 11) is 6.59. The predicted octanol–water partition coefficient (Wildman–Crippen LogP) is -2.54. The number of nitrogens with one attached hydrogen (secondary N) is 4. The first kappa shape index (κ1) is 64.7. The van der Waals surface area contributed by atoms with Gasteiger partial charge in [0.25, 0.3) is 0 Å². The van der Waals surface area contributed by atoms with Gasteiger partial charge in [-0.1, -0.05) is 6.92 Å². The molecule has 5 fully saturated rings. The van der Waals surface area contributed by atoms with E-state index in [2.05, 4.69) is 78.7 Å². The molecule has 0 aromatic heterocycles. The molecular formula is C44H88N12O10. The highest BCUT2D eigenvalue weighted by Crippen LogP contribution is 2.06. The minimum atomic E-state index is -0.740. The van der Waals surface area contributed by atoms with Crippen LogP contribution in [0, 0.1) is 0 Å². The Morgan fingerprint density at radius 1 is 0.379 bits per heavy atom. The summed E-state index contributed by atoms with van der Waals surface area (Å²) in [4.78, 5) is 89.5. The van der Waals surface area contributed by atoms with E-state index in [9.17, 15) is 9.59 Å². The van der Waals surface area contributed by atoms with Gasteiger partial charge >= 0.3 is 30.4 Å². The highest BCUT2D eigenvalue weighted by Gasteiger charge is 2.17. The lowest BCUT2D eigenvalue weighted by atomic mass is 10.2. The first-order valence-corrected chi connectivity index (χ1v) is 23.8. The van der Waals surface area contributed by atoms with Crippen molar-refractivity contribution in [2.45, 2.75) is 45.4 Å². The molecule has 384 valence electrons. The van der Waals surface area contributed by atoms with Gasteiger partial charge in [-0.15, -0.1) is 0 Å². The minimum absolute atomic E-state index is 0.143. The summed E-state index contributed by atoms with van der Waals surface area (Å²) >= 11 is 0. The van der Waals surface area contributed by atoms with Gasteiger partial charge in [0.15, 0.2) is 0 Å². The third kappa shape index (κ3) is 44.4. The van der Waals surface area contributed by atoms with E-state index in [0.717, 1.165) is 130 Å². The molecule has 22 heteroatoms. The Kier molecular flexibility index (Phi) is 47.1. The normalized spacial score (nSPS) is 23.0. The number of nitrogens with zero attached hydrogens (tertiary/aromatic N) is 8. The van der Waals surface area contributed by atoms with Crippen LogP contribution in [0.5, 0.6) is 0 Å². The number of hydrogen-bond acceptors (Lipinski definition) is 20. The van der Waals surface area contributed by atoms with E-state index < -0.39 is 11.9 Å². The van der Waals surface area contributed by atoms with E-state index in [4.69, 9.17) is 39.0 Å². The monoisotopic (exact) mass is 945 g/mol. The smallest absolute Gasteiger partial charge is 0.373 e. The number of carboxylic acids is 2. The summed E-state index contributed by atoms with van der Waals surface area (Å²) in [6, 6.07) is 0. The number of carboxylic acid groups (broad SMARTS) is 2. The molecule has 0 spiro atoms. The van der Waals surface area contributed by atoms with E-state index in [-0.39, 0.29) is 31.5 Å². The molecule has 5 rings (SSSR count). The number of rotatable bonds is 5.